The summed E-state index contributed by atoms with van der Waals surface area (Å²) in [5, 5.41) is 0. The van der Waals surface area contributed by atoms with Gasteiger partial charge < -0.3 is 4.74 Å². The van der Waals surface area contributed by atoms with Gasteiger partial charge in [-0.1, -0.05) is 13.0 Å². The predicted molar refractivity (Wildman–Crippen MR) is 64.3 cm³/mol. The van der Waals surface area contributed by atoms with Crippen molar-refractivity contribution < 1.29 is 9.53 Å². The van der Waals surface area contributed by atoms with Crippen molar-refractivity contribution in [2.24, 2.45) is 0 Å². The van der Waals surface area contributed by atoms with Crippen molar-refractivity contribution in [3.63, 3.8) is 0 Å². The monoisotopic (exact) mass is 284 g/mol. The maximum Gasteiger partial charge on any atom is 0.254 e. The molecule has 4 nitrogen and oxygen atoms in total. The van der Waals surface area contributed by atoms with E-state index in [-0.39, 0.29) is 18.6 Å². The van der Waals surface area contributed by atoms with E-state index in [2.05, 4.69) is 20.9 Å². The first-order valence-electron chi connectivity index (χ1n) is 5.24. The number of hydrogen-bond donors (Lipinski definition) is 0. The van der Waals surface area contributed by atoms with Gasteiger partial charge in [0.25, 0.3) is 5.91 Å². The van der Waals surface area contributed by atoms with Crippen LogP contribution in [0.4, 0.5) is 5.82 Å². The van der Waals surface area contributed by atoms with Crippen molar-refractivity contribution in [1.29, 1.82) is 0 Å². The third-order valence-electron chi connectivity index (χ3n) is 2.59. The molecule has 0 radical (unpaired) electrons. The van der Waals surface area contributed by atoms with Crippen LogP contribution in [0.2, 0.25) is 0 Å². The van der Waals surface area contributed by atoms with Crippen LogP contribution in [-0.2, 0) is 9.53 Å². The number of pyridine rings is 1. The molecule has 16 heavy (non-hydrogen) atoms. The number of aromatic nitrogens is 1. The van der Waals surface area contributed by atoms with Gasteiger partial charge in [0, 0.05) is 0 Å². The maximum absolute atomic E-state index is 11.8. The zero-order chi connectivity index (χ0) is 11.5. The Balaban J connectivity index is 2.31. The highest BCUT2D eigenvalue weighted by Crippen LogP contribution is 2.21. The third-order valence-corrected chi connectivity index (χ3v) is 3.03. The van der Waals surface area contributed by atoms with E-state index in [4.69, 9.17) is 4.74 Å². The van der Waals surface area contributed by atoms with E-state index in [1.165, 1.54) is 0 Å². The quantitative estimate of drug-likeness (QED) is 0.780. The van der Waals surface area contributed by atoms with Crippen molar-refractivity contribution in [1.82, 2.24) is 4.98 Å². The van der Waals surface area contributed by atoms with Crippen LogP contribution >= 0.6 is 15.9 Å². The van der Waals surface area contributed by atoms with Gasteiger partial charge in [0.1, 0.15) is 17.0 Å². The van der Waals surface area contributed by atoms with Crippen molar-refractivity contribution in [2.45, 2.75) is 19.4 Å². The third kappa shape index (κ3) is 2.25. The fourth-order valence-electron chi connectivity index (χ4n) is 1.78. The summed E-state index contributed by atoms with van der Waals surface area (Å²) in [4.78, 5) is 17.9. The number of anilines is 1. The molecular weight excluding hydrogens is 272 g/mol. The fraction of sp³-hybridized carbons (Fsp3) is 0.455. The van der Waals surface area contributed by atoms with Crippen LogP contribution in [0, 0.1) is 0 Å². The van der Waals surface area contributed by atoms with Gasteiger partial charge in [-0.05, 0) is 34.5 Å². The zero-order valence-corrected chi connectivity index (χ0v) is 10.6. The van der Waals surface area contributed by atoms with Gasteiger partial charge in [-0.2, -0.15) is 0 Å². The van der Waals surface area contributed by atoms with E-state index in [0.29, 0.717) is 12.4 Å². The molecular formula is C11H13BrN2O2. The number of rotatable bonds is 2. The Morgan fingerprint density at radius 3 is 3.12 bits per heavy atom. The highest BCUT2D eigenvalue weighted by molar-refractivity contribution is 9.10. The first kappa shape index (κ1) is 11.5. The van der Waals surface area contributed by atoms with Crippen LogP contribution in [0.1, 0.15) is 13.3 Å². The lowest BCUT2D eigenvalue weighted by Crippen LogP contribution is -2.49. The molecule has 1 aromatic heterocycles. The Labute approximate surface area is 103 Å². The van der Waals surface area contributed by atoms with Crippen LogP contribution in [0.5, 0.6) is 0 Å². The Kier molecular flexibility index (Phi) is 3.56. The van der Waals surface area contributed by atoms with E-state index < -0.39 is 0 Å². The van der Waals surface area contributed by atoms with E-state index in [0.717, 1.165) is 11.0 Å². The summed E-state index contributed by atoms with van der Waals surface area (Å²) in [7, 11) is 0. The van der Waals surface area contributed by atoms with Gasteiger partial charge >= 0.3 is 0 Å². The number of halogens is 1. The molecule has 0 spiro atoms. The van der Waals surface area contributed by atoms with Crippen LogP contribution in [-0.4, -0.2) is 30.1 Å². The molecule has 1 fully saturated rings. The van der Waals surface area contributed by atoms with E-state index in [1.807, 2.05) is 25.1 Å². The standard InChI is InChI=1S/C11H13BrN2O2/c1-2-8-6-16-7-11(15)14(8)10-5-3-4-9(12)13-10/h3-5,8H,2,6-7H2,1H3/t8-/m0/s1. The summed E-state index contributed by atoms with van der Waals surface area (Å²) < 4.78 is 5.97. The van der Waals surface area contributed by atoms with Gasteiger partial charge in [-0.3, -0.25) is 9.69 Å². The fourth-order valence-corrected chi connectivity index (χ4v) is 2.11. The number of hydrogen-bond acceptors (Lipinski definition) is 3. The number of carbonyl (C=O) groups is 1. The van der Waals surface area contributed by atoms with Crippen molar-refractivity contribution >= 4 is 27.7 Å². The second-order valence-electron chi connectivity index (χ2n) is 3.66. The van der Waals surface area contributed by atoms with Gasteiger partial charge in [0.05, 0.1) is 12.6 Å². The SMILES string of the molecule is CC[C@H]1COCC(=O)N1c1cccc(Br)n1. The lowest BCUT2D eigenvalue weighted by Gasteiger charge is -2.34. The molecule has 2 heterocycles. The lowest BCUT2D eigenvalue weighted by atomic mass is 10.1. The first-order chi connectivity index (χ1) is 7.72. The molecule has 0 unspecified atom stereocenters. The van der Waals surface area contributed by atoms with Crippen molar-refractivity contribution in [3.8, 4) is 0 Å². The predicted octanol–water partition coefficient (Wildman–Crippen LogP) is 1.99. The topological polar surface area (TPSA) is 42.4 Å². The summed E-state index contributed by atoms with van der Waals surface area (Å²) in [5.74, 6) is 0.665. The number of carbonyl (C=O) groups excluding carboxylic acids is 1. The van der Waals surface area contributed by atoms with Crippen LogP contribution in [0.15, 0.2) is 22.8 Å². The minimum atomic E-state index is -0.0244. The Morgan fingerprint density at radius 1 is 1.62 bits per heavy atom. The van der Waals surface area contributed by atoms with Crippen LogP contribution in [0.25, 0.3) is 0 Å². The molecule has 1 aliphatic rings. The smallest absolute Gasteiger partial charge is 0.254 e. The Hall–Kier alpha value is -0.940. The minimum absolute atomic E-state index is 0.0244. The largest absolute Gasteiger partial charge is 0.369 e. The lowest BCUT2D eigenvalue weighted by molar-refractivity contribution is -0.127. The zero-order valence-electron chi connectivity index (χ0n) is 9.02. The Morgan fingerprint density at radius 2 is 2.44 bits per heavy atom. The van der Waals surface area contributed by atoms with Crippen LogP contribution in [0.3, 0.4) is 0 Å². The average Bonchev–Trinajstić information content (AvgIpc) is 2.28. The maximum atomic E-state index is 11.8. The van der Waals surface area contributed by atoms with Gasteiger partial charge in [-0.25, -0.2) is 4.98 Å². The molecule has 0 aliphatic carbocycles. The van der Waals surface area contributed by atoms with Gasteiger partial charge in [0.2, 0.25) is 0 Å². The number of ether oxygens (including phenoxy) is 1. The van der Waals surface area contributed by atoms with E-state index in [9.17, 15) is 4.79 Å². The summed E-state index contributed by atoms with van der Waals surface area (Å²) in [6.07, 6.45) is 0.861. The molecule has 5 heteroatoms. The summed E-state index contributed by atoms with van der Waals surface area (Å²) in [6.45, 7) is 2.76. The highest BCUT2D eigenvalue weighted by atomic mass is 79.9. The molecule has 2 rings (SSSR count). The summed E-state index contributed by atoms with van der Waals surface area (Å²) in [6, 6.07) is 5.65. The molecule has 0 aromatic carbocycles. The minimum Gasteiger partial charge on any atom is -0.369 e. The van der Waals surface area contributed by atoms with Crippen molar-refractivity contribution in [2.75, 3.05) is 18.1 Å². The summed E-state index contributed by atoms with van der Waals surface area (Å²) >= 11 is 3.31. The number of amides is 1. The summed E-state index contributed by atoms with van der Waals surface area (Å²) in [5.41, 5.74) is 0. The molecule has 1 aromatic rings. The molecule has 86 valence electrons. The van der Waals surface area contributed by atoms with E-state index >= 15 is 0 Å². The first-order valence-corrected chi connectivity index (χ1v) is 6.04. The second-order valence-corrected chi connectivity index (χ2v) is 4.47. The number of nitrogens with zero attached hydrogens (tertiary/aromatic N) is 2. The molecule has 1 saturated heterocycles. The van der Waals surface area contributed by atoms with Gasteiger partial charge in [-0.15, -0.1) is 0 Å². The molecule has 1 amide bonds. The molecule has 0 saturated carbocycles. The van der Waals surface area contributed by atoms with Gasteiger partial charge in [0.15, 0.2) is 0 Å². The van der Waals surface area contributed by atoms with Crippen LogP contribution < -0.4 is 4.90 Å². The number of morpholine rings is 1. The van der Waals surface area contributed by atoms with Crippen molar-refractivity contribution in [3.05, 3.63) is 22.8 Å². The van der Waals surface area contributed by atoms with E-state index in [1.54, 1.807) is 4.90 Å². The average molecular weight is 285 g/mol. The molecule has 0 N–H and O–H groups in total. The second kappa shape index (κ2) is 4.93. The Bertz CT molecular complexity index is 397. The molecule has 1 aliphatic heterocycles. The molecule has 1 atom stereocenters. The molecule has 0 bridgehead atoms. The highest BCUT2D eigenvalue weighted by Gasteiger charge is 2.29. The normalized spacial score (nSPS) is 21.2.